The average molecular weight is 368 g/mol. The van der Waals surface area contributed by atoms with Crippen LogP contribution in [0.25, 0.3) is 0 Å². The first kappa shape index (κ1) is 17.8. The third kappa shape index (κ3) is 4.23. The van der Waals surface area contributed by atoms with E-state index in [4.69, 9.17) is 4.74 Å². The molecule has 27 heavy (non-hydrogen) atoms. The lowest BCUT2D eigenvalue weighted by Crippen LogP contribution is -2.45. The molecule has 4 rings (SSSR count). The van der Waals surface area contributed by atoms with Crippen molar-refractivity contribution < 1.29 is 4.74 Å². The Morgan fingerprint density at radius 3 is 2.74 bits per heavy atom. The molecular weight excluding hydrogens is 340 g/mol. The number of H-pyrrole nitrogens is 1. The number of guanidine groups is 1. The fourth-order valence-electron chi connectivity index (χ4n) is 3.72. The maximum absolute atomic E-state index is 6.14. The van der Waals surface area contributed by atoms with Crippen LogP contribution in [-0.4, -0.2) is 52.3 Å². The molecule has 2 aromatic rings. The number of hydrogen-bond acceptors (Lipinski definition) is 4. The van der Waals surface area contributed by atoms with Crippen LogP contribution >= 0.6 is 0 Å². The van der Waals surface area contributed by atoms with Crippen LogP contribution in [-0.2, 0) is 6.54 Å². The smallest absolute Gasteiger partial charge is 0.193 e. The van der Waals surface area contributed by atoms with Gasteiger partial charge in [-0.2, -0.15) is 5.10 Å². The first-order chi connectivity index (χ1) is 13.3. The lowest BCUT2D eigenvalue weighted by Gasteiger charge is -2.33. The first-order valence-electron chi connectivity index (χ1n) is 9.89. The standard InChI is InChI=1S/C20H28N6O/c1-21-20(26-11-9-15(10-12-26)19-23-14-24-25-19)22-13-16-5-2-3-8-18(16)27-17-6-4-7-17/h2-3,5,8,14-15,17H,4,6-7,9-13H2,1H3,(H,21,22)(H,23,24,25). The zero-order valence-electron chi connectivity index (χ0n) is 15.9. The normalized spacial score (nSPS) is 19.0. The third-order valence-electron chi connectivity index (χ3n) is 5.58. The van der Waals surface area contributed by atoms with Crippen LogP contribution < -0.4 is 10.1 Å². The van der Waals surface area contributed by atoms with Crippen molar-refractivity contribution in [3.63, 3.8) is 0 Å². The van der Waals surface area contributed by atoms with Gasteiger partial charge in [0.15, 0.2) is 5.96 Å². The fraction of sp³-hybridized carbons (Fsp3) is 0.550. The van der Waals surface area contributed by atoms with E-state index in [0.717, 1.165) is 50.0 Å². The van der Waals surface area contributed by atoms with Crippen LogP contribution in [0.15, 0.2) is 35.6 Å². The lowest BCUT2D eigenvalue weighted by atomic mass is 9.96. The molecule has 1 aromatic heterocycles. The Kier molecular flexibility index (Phi) is 5.55. The molecule has 0 bridgehead atoms. The Bertz CT molecular complexity index is 748. The highest BCUT2D eigenvalue weighted by molar-refractivity contribution is 5.80. The number of nitrogens with zero attached hydrogens (tertiary/aromatic N) is 4. The number of rotatable bonds is 5. The number of nitrogens with one attached hydrogen (secondary N) is 2. The fourth-order valence-corrected chi connectivity index (χ4v) is 3.72. The van der Waals surface area contributed by atoms with E-state index in [1.165, 1.54) is 24.8 Å². The lowest BCUT2D eigenvalue weighted by molar-refractivity contribution is 0.119. The van der Waals surface area contributed by atoms with E-state index in [0.29, 0.717) is 12.0 Å². The molecule has 1 saturated carbocycles. The number of para-hydroxylation sites is 1. The van der Waals surface area contributed by atoms with Gasteiger partial charge in [-0.1, -0.05) is 18.2 Å². The second-order valence-electron chi connectivity index (χ2n) is 7.31. The maximum atomic E-state index is 6.14. The largest absolute Gasteiger partial charge is 0.490 e. The van der Waals surface area contributed by atoms with E-state index in [1.807, 2.05) is 13.1 Å². The predicted octanol–water partition coefficient (Wildman–Crippen LogP) is 2.69. The predicted molar refractivity (Wildman–Crippen MR) is 105 cm³/mol. The molecular formula is C20H28N6O. The topological polar surface area (TPSA) is 78.4 Å². The van der Waals surface area contributed by atoms with Crippen LogP contribution in [0.5, 0.6) is 5.75 Å². The van der Waals surface area contributed by atoms with Gasteiger partial charge in [-0.3, -0.25) is 10.1 Å². The van der Waals surface area contributed by atoms with E-state index in [9.17, 15) is 0 Å². The van der Waals surface area contributed by atoms with Crippen molar-refractivity contribution >= 4 is 5.96 Å². The van der Waals surface area contributed by atoms with Crippen LogP contribution in [0.2, 0.25) is 0 Å². The quantitative estimate of drug-likeness (QED) is 0.627. The molecule has 7 heteroatoms. The Labute approximate surface area is 160 Å². The summed E-state index contributed by atoms with van der Waals surface area (Å²) >= 11 is 0. The van der Waals surface area contributed by atoms with Gasteiger partial charge in [-0.25, -0.2) is 4.98 Å². The summed E-state index contributed by atoms with van der Waals surface area (Å²) < 4.78 is 6.14. The van der Waals surface area contributed by atoms with E-state index in [2.05, 4.69) is 48.6 Å². The minimum Gasteiger partial charge on any atom is -0.490 e. The van der Waals surface area contributed by atoms with Gasteiger partial charge in [0.25, 0.3) is 0 Å². The molecule has 1 saturated heterocycles. The molecule has 0 unspecified atom stereocenters. The van der Waals surface area contributed by atoms with Gasteiger partial charge in [0.1, 0.15) is 17.9 Å². The SMILES string of the molecule is CN=C(NCc1ccccc1OC1CCC1)N1CCC(c2ncn[nH]2)CC1. The van der Waals surface area contributed by atoms with Crippen LogP contribution in [0, 0.1) is 0 Å². The molecule has 0 atom stereocenters. The van der Waals surface area contributed by atoms with E-state index >= 15 is 0 Å². The minimum absolute atomic E-state index is 0.389. The maximum Gasteiger partial charge on any atom is 0.193 e. The van der Waals surface area contributed by atoms with Crippen molar-refractivity contribution in [1.29, 1.82) is 0 Å². The second kappa shape index (κ2) is 8.41. The monoisotopic (exact) mass is 368 g/mol. The number of aromatic amines is 1. The van der Waals surface area contributed by atoms with Crippen molar-refractivity contribution in [2.45, 2.75) is 50.7 Å². The van der Waals surface area contributed by atoms with Crippen molar-refractivity contribution in [2.24, 2.45) is 4.99 Å². The molecule has 2 N–H and O–H groups in total. The number of benzene rings is 1. The molecule has 0 spiro atoms. The van der Waals surface area contributed by atoms with Crippen molar-refractivity contribution in [3.8, 4) is 5.75 Å². The molecule has 2 heterocycles. The summed E-state index contributed by atoms with van der Waals surface area (Å²) in [5, 5.41) is 10.5. The molecule has 1 aliphatic carbocycles. The summed E-state index contributed by atoms with van der Waals surface area (Å²) in [6, 6.07) is 8.31. The Morgan fingerprint density at radius 2 is 2.07 bits per heavy atom. The highest BCUT2D eigenvalue weighted by atomic mass is 16.5. The Hall–Kier alpha value is -2.57. The third-order valence-corrected chi connectivity index (χ3v) is 5.58. The van der Waals surface area contributed by atoms with Gasteiger partial charge in [0.2, 0.25) is 0 Å². The molecule has 1 aromatic carbocycles. The number of hydrogen-bond donors (Lipinski definition) is 2. The number of ether oxygens (including phenoxy) is 1. The van der Waals surface area contributed by atoms with Gasteiger partial charge in [-0.15, -0.1) is 0 Å². The minimum atomic E-state index is 0.389. The molecule has 2 fully saturated rings. The summed E-state index contributed by atoms with van der Waals surface area (Å²) in [5.41, 5.74) is 1.18. The van der Waals surface area contributed by atoms with Gasteiger partial charge in [0.05, 0.1) is 6.10 Å². The summed E-state index contributed by atoms with van der Waals surface area (Å²) in [5.74, 6) is 3.40. The molecule has 0 radical (unpaired) electrons. The summed E-state index contributed by atoms with van der Waals surface area (Å²) in [6.07, 6.45) is 7.70. The Balaban J connectivity index is 1.32. The van der Waals surface area contributed by atoms with Gasteiger partial charge in [-0.05, 0) is 38.2 Å². The number of aromatic nitrogens is 3. The van der Waals surface area contributed by atoms with E-state index in [1.54, 1.807) is 6.33 Å². The zero-order valence-corrected chi connectivity index (χ0v) is 15.9. The highest BCUT2D eigenvalue weighted by Gasteiger charge is 2.24. The molecule has 2 aliphatic rings. The van der Waals surface area contributed by atoms with Crippen LogP contribution in [0.3, 0.4) is 0 Å². The van der Waals surface area contributed by atoms with E-state index in [-0.39, 0.29) is 0 Å². The summed E-state index contributed by atoms with van der Waals surface area (Å²) in [7, 11) is 1.85. The first-order valence-corrected chi connectivity index (χ1v) is 9.89. The van der Waals surface area contributed by atoms with Crippen LogP contribution in [0.4, 0.5) is 0 Å². The summed E-state index contributed by atoms with van der Waals surface area (Å²) in [4.78, 5) is 11.1. The van der Waals surface area contributed by atoms with Crippen LogP contribution in [0.1, 0.15) is 49.4 Å². The number of likely N-dealkylation sites (tertiary alicyclic amines) is 1. The number of piperidine rings is 1. The number of aliphatic imine (C=N–C) groups is 1. The molecule has 144 valence electrons. The van der Waals surface area contributed by atoms with Gasteiger partial charge in [0, 0.05) is 38.2 Å². The molecule has 1 aliphatic heterocycles. The van der Waals surface area contributed by atoms with E-state index < -0.39 is 0 Å². The molecule has 7 nitrogen and oxygen atoms in total. The average Bonchev–Trinajstić information content (AvgIpc) is 3.21. The van der Waals surface area contributed by atoms with Crippen molar-refractivity contribution in [1.82, 2.24) is 25.4 Å². The van der Waals surface area contributed by atoms with Gasteiger partial charge < -0.3 is 15.0 Å². The van der Waals surface area contributed by atoms with Crippen molar-refractivity contribution in [2.75, 3.05) is 20.1 Å². The Morgan fingerprint density at radius 1 is 1.26 bits per heavy atom. The second-order valence-corrected chi connectivity index (χ2v) is 7.31. The van der Waals surface area contributed by atoms with Crippen molar-refractivity contribution in [3.05, 3.63) is 42.0 Å². The summed E-state index contributed by atoms with van der Waals surface area (Å²) in [6.45, 7) is 2.65. The highest BCUT2D eigenvalue weighted by Crippen LogP contribution is 2.28. The van der Waals surface area contributed by atoms with Gasteiger partial charge >= 0.3 is 0 Å². The zero-order chi connectivity index (χ0) is 18.5. The molecule has 0 amide bonds.